The molecule has 3 aromatic rings. The molecule has 0 bridgehead atoms. The number of unbranched alkanes of at least 4 members (excludes halogenated alkanes) is 7. The molecule has 0 amide bonds. The summed E-state index contributed by atoms with van der Waals surface area (Å²) >= 11 is 0. The van der Waals surface area contributed by atoms with Gasteiger partial charge in [-0.1, -0.05) is 52.0 Å². The highest BCUT2D eigenvalue weighted by molar-refractivity contribution is 5.91. The Morgan fingerprint density at radius 2 is 1.29 bits per heavy atom. The summed E-state index contributed by atoms with van der Waals surface area (Å²) in [7, 11) is 0. The largest absolute Gasteiger partial charge is 0.494 e. The highest BCUT2D eigenvalue weighted by Gasteiger charge is 2.10. The molecule has 7 heteroatoms. The lowest BCUT2D eigenvalue weighted by molar-refractivity contribution is -0.137. The predicted octanol–water partition coefficient (Wildman–Crippen LogP) is 7.99. The molecule has 0 aliphatic rings. The van der Waals surface area contributed by atoms with Crippen molar-refractivity contribution >= 4 is 11.9 Å². The summed E-state index contributed by atoms with van der Waals surface area (Å²) in [5, 5.41) is 0. The fourth-order valence-electron chi connectivity index (χ4n) is 4.09. The summed E-state index contributed by atoms with van der Waals surface area (Å²) in [6.07, 6.45) is 12.7. The van der Waals surface area contributed by atoms with E-state index in [4.69, 9.17) is 18.9 Å². The molecule has 41 heavy (non-hydrogen) atoms. The van der Waals surface area contributed by atoms with Crippen molar-refractivity contribution in [2.24, 2.45) is 0 Å². The molecular weight excluding hydrogens is 518 g/mol. The van der Waals surface area contributed by atoms with Crippen LogP contribution in [0.5, 0.6) is 17.2 Å². The summed E-state index contributed by atoms with van der Waals surface area (Å²) in [6, 6.07) is 18.1. The molecule has 0 aliphatic carbocycles. The maximum atomic E-state index is 12.6. The summed E-state index contributed by atoms with van der Waals surface area (Å²) in [6.45, 7) is 7.23. The zero-order valence-electron chi connectivity index (χ0n) is 24.0. The third-order valence-corrected chi connectivity index (χ3v) is 6.38. The molecule has 0 fully saturated rings. The summed E-state index contributed by atoms with van der Waals surface area (Å²) in [4.78, 5) is 28.0. The summed E-state index contributed by atoms with van der Waals surface area (Å²) < 4.78 is 21.9. The number of pyridine rings is 1. The number of carbonyl (C=O) groups excluding carboxylic acids is 2. The van der Waals surface area contributed by atoms with E-state index in [1.807, 2.05) is 24.3 Å². The standard InChI is InChI=1S/C34H41NO6/c1-3-23-38-31-21-22-32(35-26-31)27-13-19-30(20-14-27)41-34(37)28-15-17-29(18-16-28)39-24-11-9-7-5-6-8-10-12-25-40-33(36)4-2/h4,13-22,26H,2-3,5-12,23-25H2,1H3. The predicted molar refractivity (Wildman–Crippen MR) is 160 cm³/mol. The fourth-order valence-corrected chi connectivity index (χ4v) is 4.09. The fraction of sp³-hybridized carbons (Fsp3) is 0.382. The number of nitrogens with zero attached hydrogens (tertiary/aromatic N) is 1. The van der Waals surface area contributed by atoms with Gasteiger partial charge in [0, 0.05) is 11.6 Å². The lowest BCUT2D eigenvalue weighted by Gasteiger charge is -2.09. The van der Waals surface area contributed by atoms with Crippen molar-refractivity contribution in [2.45, 2.75) is 64.7 Å². The second-order valence-electron chi connectivity index (χ2n) is 9.71. The van der Waals surface area contributed by atoms with Crippen LogP contribution >= 0.6 is 0 Å². The van der Waals surface area contributed by atoms with E-state index in [9.17, 15) is 9.59 Å². The number of rotatable bonds is 19. The van der Waals surface area contributed by atoms with Crippen LogP contribution in [-0.2, 0) is 9.53 Å². The van der Waals surface area contributed by atoms with E-state index in [0.717, 1.165) is 61.3 Å². The molecule has 0 radical (unpaired) electrons. The van der Waals surface area contributed by atoms with Gasteiger partial charge in [-0.3, -0.25) is 4.98 Å². The smallest absolute Gasteiger partial charge is 0.343 e. The van der Waals surface area contributed by atoms with Gasteiger partial charge < -0.3 is 18.9 Å². The minimum absolute atomic E-state index is 0.349. The van der Waals surface area contributed by atoms with Crippen LogP contribution in [0.15, 0.2) is 79.5 Å². The Kier molecular flexibility index (Phi) is 14.0. The summed E-state index contributed by atoms with van der Waals surface area (Å²) in [5.74, 6) is 1.19. The molecule has 0 saturated carbocycles. The Balaban J connectivity index is 1.29. The molecule has 1 aromatic heterocycles. The van der Waals surface area contributed by atoms with Gasteiger partial charge in [0.15, 0.2) is 0 Å². The number of carbonyl (C=O) groups is 2. The molecule has 1 heterocycles. The monoisotopic (exact) mass is 559 g/mol. The van der Waals surface area contributed by atoms with Crippen LogP contribution in [0, 0.1) is 0 Å². The molecule has 3 rings (SSSR count). The number of benzene rings is 2. The molecular formula is C34H41NO6. The summed E-state index contributed by atoms with van der Waals surface area (Å²) in [5.41, 5.74) is 2.21. The normalized spacial score (nSPS) is 10.6. The van der Waals surface area contributed by atoms with Gasteiger partial charge in [-0.2, -0.15) is 0 Å². The van der Waals surface area contributed by atoms with Crippen molar-refractivity contribution in [3.63, 3.8) is 0 Å². The van der Waals surface area contributed by atoms with Gasteiger partial charge in [0.05, 0.1) is 37.3 Å². The van der Waals surface area contributed by atoms with Crippen molar-refractivity contribution in [1.82, 2.24) is 4.98 Å². The average Bonchev–Trinajstić information content (AvgIpc) is 3.01. The minimum atomic E-state index is -0.419. The number of hydrogen-bond donors (Lipinski definition) is 0. The van der Waals surface area contributed by atoms with Crippen LogP contribution in [0.3, 0.4) is 0 Å². The van der Waals surface area contributed by atoms with E-state index in [1.54, 1.807) is 42.6 Å². The van der Waals surface area contributed by atoms with Gasteiger partial charge in [-0.15, -0.1) is 0 Å². The van der Waals surface area contributed by atoms with Crippen LogP contribution in [-0.4, -0.2) is 36.7 Å². The third kappa shape index (κ3) is 11.9. The van der Waals surface area contributed by atoms with E-state index in [-0.39, 0.29) is 5.97 Å². The van der Waals surface area contributed by atoms with Gasteiger partial charge >= 0.3 is 11.9 Å². The van der Waals surface area contributed by atoms with E-state index in [1.165, 1.54) is 25.3 Å². The van der Waals surface area contributed by atoms with E-state index in [0.29, 0.717) is 31.1 Å². The lowest BCUT2D eigenvalue weighted by Crippen LogP contribution is -2.08. The van der Waals surface area contributed by atoms with Crippen LogP contribution in [0.1, 0.15) is 75.1 Å². The Hall–Kier alpha value is -4.13. The van der Waals surface area contributed by atoms with Gasteiger partial charge in [-0.05, 0) is 79.9 Å². The van der Waals surface area contributed by atoms with Crippen LogP contribution in [0.25, 0.3) is 11.3 Å². The second-order valence-corrected chi connectivity index (χ2v) is 9.71. The van der Waals surface area contributed by atoms with Crippen LogP contribution in [0.2, 0.25) is 0 Å². The van der Waals surface area contributed by atoms with Crippen molar-refractivity contribution in [3.05, 3.63) is 85.1 Å². The number of aromatic nitrogens is 1. The van der Waals surface area contributed by atoms with Crippen molar-refractivity contribution < 1.29 is 28.5 Å². The SMILES string of the molecule is C=CC(=O)OCCCCCCCCCCOc1ccc(C(=O)Oc2ccc(-c3ccc(OCCC)cn3)cc2)cc1. The molecule has 0 aliphatic heterocycles. The van der Waals surface area contributed by atoms with Crippen molar-refractivity contribution in [1.29, 1.82) is 0 Å². The van der Waals surface area contributed by atoms with Gasteiger partial charge in [-0.25, -0.2) is 9.59 Å². The van der Waals surface area contributed by atoms with E-state index < -0.39 is 5.97 Å². The van der Waals surface area contributed by atoms with Crippen LogP contribution < -0.4 is 14.2 Å². The number of ether oxygens (including phenoxy) is 4. The number of esters is 2. The van der Waals surface area contributed by atoms with Gasteiger partial charge in [0.1, 0.15) is 17.2 Å². The first-order chi connectivity index (χ1) is 20.1. The van der Waals surface area contributed by atoms with Gasteiger partial charge in [0.2, 0.25) is 0 Å². The van der Waals surface area contributed by atoms with Crippen molar-refractivity contribution in [2.75, 3.05) is 19.8 Å². The zero-order chi connectivity index (χ0) is 29.1. The lowest BCUT2D eigenvalue weighted by atomic mass is 10.1. The molecule has 7 nitrogen and oxygen atoms in total. The maximum Gasteiger partial charge on any atom is 0.343 e. The molecule has 218 valence electrons. The molecule has 0 spiro atoms. The first-order valence-electron chi connectivity index (χ1n) is 14.5. The number of hydrogen-bond acceptors (Lipinski definition) is 7. The second kappa shape index (κ2) is 18.3. The minimum Gasteiger partial charge on any atom is -0.494 e. The molecule has 0 atom stereocenters. The molecule has 0 saturated heterocycles. The first kappa shape index (κ1) is 31.4. The van der Waals surface area contributed by atoms with Crippen molar-refractivity contribution in [3.8, 4) is 28.5 Å². The Bertz CT molecular complexity index is 1190. The Morgan fingerprint density at radius 1 is 0.707 bits per heavy atom. The zero-order valence-corrected chi connectivity index (χ0v) is 24.0. The quantitative estimate of drug-likeness (QED) is 0.0637. The Labute approximate surface area is 243 Å². The molecule has 0 unspecified atom stereocenters. The van der Waals surface area contributed by atoms with Crippen LogP contribution in [0.4, 0.5) is 0 Å². The van der Waals surface area contributed by atoms with E-state index in [2.05, 4.69) is 18.5 Å². The third-order valence-electron chi connectivity index (χ3n) is 6.38. The van der Waals surface area contributed by atoms with E-state index >= 15 is 0 Å². The first-order valence-corrected chi connectivity index (χ1v) is 14.5. The molecule has 0 N–H and O–H groups in total. The highest BCUT2D eigenvalue weighted by Crippen LogP contribution is 2.23. The molecule has 2 aromatic carbocycles. The van der Waals surface area contributed by atoms with Gasteiger partial charge in [0.25, 0.3) is 0 Å². The Morgan fingerprint density at radius 3 is 1.90 bits per heavy atom. The average molecular weight is 560 g/mol. The topological polar surface area (TPSA) is 84.0 Å². The highest BCUT2D eigenvalue weighted by atomic mass is 16.5. The maximum absolute atomic E-state index is 12.6.